The predicted molar refractivity (Wildman–Crippen MR) is 121 cm³/mol. The van der Waals surface area contributed by atoms with Crippen molar-refractivity contribution >= 4 is 5.97 Å². The molecule has 1 aliphatic rings. The maximum Gasteiger partial charge on any atom is 0.333 e. The highest BCUT2D eigenvalue weighted by Crippen LogP contribution is 2.40. The largest absolute Gasteiger partial charge is 0.463 e. The quantitative estimate of drug-likeness (QED) is 0.248. The number of hydrogen-bond acceptors (Lipinski definition) is 2. The van der Waals surface area contributed by atoms with Crippen LogP contribution >= 0.6 is 0 Å². The molecule has 0 heterocycles. The summed E-state index contributed by atoms with van der Waals surface area (Å²) in [6.45, 7) is 15.3. The second-order valence-electron chi connectivity index (χ2n) is 8.21. The topological polar surface area (TPSA) is 26.3 Å². The van der Waals surface area contributed by atoms with Crippen molar-refractivity contribution in [3.05, 3.63) is 70.4 Å². The van der Waals surface area contributed by atoms with E-state index in [-0.39, 0.29) is 11.4 Å². The zero-order valence-corrected chi connectivity index (χ0v) is 18.9. The second kappa shape index (κ2) is 11.7. The van der Waals surface area contributed by atoms with Gasteiger partial charge in [-0.05, 0) is 64.4 Å². The summed E-state index contributed by atoms with van der Waals surface area (Å²) in [6.07, 6.45) is 19.0. The van der Waals surface area contributed by atoms with Crippen LogP contribution in [0.4, 0.5) is 0 Å². The van der Waals surface area contributed by atoms with Crippen molar-refractivity contribution in [2.24, 2.45) is 5.41 Å². The minimum Gasteiger partial charge on any atom is -0.463 e. The monoisotopic (exact) mass is 382 g/mol. The third kappa shape index (κ3) is 7.88. The summed E-state index contributed by atoms with van der Waals surface area (Å²) >= 11 is 0. The molecule has 2 heteroatoms. The Morgan fingerprint density at radius 1 is 1.07 bits per heavy atom. The highest BCUT2D eigenvalue weighted by molar-refractivity contribution is 5.88. The van der Waals surface area contributed by atoms with Crippen molar-refractivity contribution in [3.63, 3.8) is 0 Å². The zero-order valence-electron chi connectivity index (χ0n) is 18.9. The molecule has 0 aromatic rings. The van der Waals surface area contributed by atoms with Gasteiger partial charge in [0.15, 0.2) is 0 Å². The Kier molecular flexibility index (Phi) is 9.99. The van der Waals surface area contributed by atoms with Crippen LogP contribution in [0.25, 0.3) is 0 Å². The van der Waals surface area contributed by atoms with Crippen molar-refractivity contribution in [3.8, 4) is 0 Å². The van der Waals surface area contributed by atoms with Crippen LogP contribution in [-0.2, 0) is 9.53 Å². The van der Waals surface area contributed by atoms with E-state index in [0.29, 0.717) is 18.6 Å². The molecule has 0 radical (unpaired) electrons. The Labute approximate surface area is 172 Å². The SMILES string of the molecule is CCOC(=O)C(=CC=C(C)C=CC=C(C)C=CC1=C(C)CCCC1(C)C)CC. The van der Waals surface area contributed by atoms with Crippen LogP contribution in [0.3, 0.4) is 0 Å². The summed E-state index contributed by atoms with van der Waals surface area (Å²) in [6, 6.07) is 0. The molecule has 1 rings (SSSR count). The number of hydrogen-bond donors (Lipinski definition) is 0. The minimum absolute atomic E-state index is 0.228. The molecule has 0 amide bonds. The average molecular weight is 383 g/mol. The Morgan fingerprint density at radius 3 is 2.36 bits per heavy atom. The van der Waals surface area contributed by atoms with E-state index in [4.69, 9.17) is 4.74 Å². The molecule has 0 aromatic carbocycles. The third-order valence-electron chi connectivity index (χ3n) is 5.24. The van der Waals surface area contributed by atoms with Gasteiger partial charge in [-0.25, -0.2) is 4.79 Å². The Bertz CT molecular complexity index is 722. The van der Waals surface area contributed by atoms with Crippen LogP contribution in [0.1, 0.15) is 74.1 Å². The molecule has 154 valence electrons. The van der Waals surface area contributed by atoms with Crippen LogP contribution < -0.4 is 0 Å². The molecular formula is C26H38O2. The maximum absolute atomic E-state index is 11.8. The van der Waals surface area contributed by atoms with E-state index >= 15 is 0 Å². The van der Waals surface area contributed by atoms with E-state index in [1.165, 1.54) is 36.0 Å². The fraction of sp³-hybridized carbons (Fsp3) is 0.500. The van der Waals surface area contributed by atoms with E-state index in [0.717, 1.165) is 5.57 Å². The van der Waals surface area contributed by atoms with Gasteiger partial charge in [-0.2, -0.15) is 0 Å². The normalized spacial score (nSPS) is 19.0. The van der Waals surface area contributed by atoms with E-state index < -0.39 is 0 Å². The Hall–Kier alpha value is -2.09. The molecule has 0 atom stereocenters. The molecule has 0 saturated heterocycles. The molecule has 0 bridgehead atoms. The lowest BCUT2D eigenvalue weighted by molar-refractivity contribution is -0.138. The van der Waals surface area contributed by atoms with Crippen LogP contribution in [0.5, 0.6) is 0 Å². The minimum atomic E-state index is -0.228. The molecular weight excluding hydrogens is 344 g/mol. The second-order valence-corrected chi connectivity index (χ2v) is 8.21. The highest BCUT2D eigenvalue weighted by Gasteiger charge is 2.26. The summed E-state index contributed by atoms with van der Waals surface area (Å²) < 4.78 is 5.06. The van der Waals surface area contributed by atoms with E-state index in [9.17, 15) is 4.79 Å². The van der Waals surface area contributed by atoms with E-state index in [1.54, 1.807) is 0 Å². The van der Waals surface area contributed by atoms with Gasteiger partial charge in [-0.1, -0.05) is 80.0 Å². The van der Waals surface area contributed by atoms with Crippen LogP contribution in [-0.4, -0.2) is 12.6 Å². The number of carbonyl (C=O) groups is 1. The fourth-order valence-electron chi connectivity index (χ4n) is 3.47. The molecule has 0 saturated carbocycles. The van der Waals surface area contributed by atoms with Gasteiger partial charge in [0.25, 0.3) is 0 Å². The van der Waals surface area contributed by atoms with Gasteiger partial charge in [-0.15, -0.1) is 0 Å². The van der Waals surface area contributed by atoms with Gasteiger partial charge in [0.05, 0.1) is 6.61 Å². The van der Waals surface area contributed by atoms with Gasteiger partial charge in [0, 0.05) is 5.57 Å². The summed E-state index contributed by atoms with van der Waals surface area (Å²) in [5.74, 6) is -0.228. The predicted octanol–water partition coefficient (Wildman–Crippen LogP) is 7.42. The van der Waals surface area contributed by atoms with Crippen LogP contribution in [0.15, 0.2) is 70.4 Å². The molecule has 28 heavy (non-hydrogen) atoms. The first-order valence-corrected chi connectivity index (χ1v) is 10.5. The lowest BCUT2D eigenvalue weighted by atomic mass is 9.72. The molecule has 0 aromatic heterocycles. The lowest BCUT2D eigenvalue weighted by Gasteiger charge is -2.32. The summed E-state index contributed by atoms with van der Waals surface area (Å²) in [7, 11) is 0. The van der Waals surface area contributed by atoms with Crippen molar-refractivity contribution < 1.29 is 9.53 Å². The van der Waals surface area contributed by atoms with E-state index in [1.807, 2.05) is 32.9 Å². The lowest BCUT2D eigenvalue weighted by Crippen LogP contribution is -2.19. The number of allylic oxidation sites excluding steroid dienone is 11. The number of ether oxygens (including phenoxy) is 1. The van der Waals surface area contributed by atoms with Crippen LogP contribution in [0, 0.1) is 5.41 Å². The smallest absolute Gasteiger partial charge is 0.333 e. The van der Waals surface area contributed by atoms with Gasteiger partial charge >= 0.3 is 5.97 Å². The fourth-order valence-corrected chi connectivity index (χ4v) is 3.47. The van der Waals surface area contributed by atoms with Crippen molar-refractivity contribution in [1.82, 2.24) is 0 Å². The molecule has 0 N–H and O–H groups in total. The number of carbonyl (C=O) groups excluding carboxylic acids is 1. The first-order valence-electron chi connectivity index (χ1n) is 10.5. The Balaban J connectivity index is 2.78. The third-order valence-corrected chi connectivity index (χ3v) is 5.24. The molecule has 0 aliphatic heterocycles. The highest BCUT2D eigenvalue weighted by atomic mass is 16.5. The van der Waals surface area contributed by atoms with Crippen molar-refractivity contribution in [2.45, 2.75) is 74.1 Å². The van der Waals surface area contributed by atoms with Crippen molar-refractivity contribution in [1.29, 1.82) is 0 Å². The maximum atomic E-state index is 11.8. The van der Waals surface area contributed by atoms with Gasteiger partial charge in [0.2, 0.25) is 0 Å². The van der Waals surface area contributed by atoms with Crippen LogP contribution in [0.2, 0.25) is 0 Å². The molecule has 0 unspecified atom stereocenters. The molecule has 0 spiro atoms. The molecule has 0 fully saturated rings. The Morgan fingerprint density at radius 2 is 1.75 bits per heavy atom. The van der Waals surface area contributed by atoms with Crippen molar-refractivity contribution in [2.75, 3.05) is 6.61 Å². The first-order chi connectivity index (χ1) is 13.2. The number of esters is 1. The van der Waals surface area contributed by atoms with Gasteiger partial charge < -0.3 is 4.74 Å². The van der Waals surface area contributed by atoms with E-state index in [2.05, 4.69) is 58.1 Å². The molecule has 2 nitrogen and oxygen atoms in total. The summed E-state index contributed by atoms with van der Waals surface area (Å²) in [5.41, 5.74) is 6.30. The van der Waals surface area contributed by atoms with Gasteiger partial charge in [0.1, 0.15) is 0 Å². The summed E-state index contributed by atoms with van der Waals surface area (Å²) in [4.78, 5) is 11.8. The molecule has 1 aliphatic carbocycles. The number of rotatable bonds is 8. The average Bonchev–Trinajstić information content (AvgIpc) is 2.61. The first kappa shape index (κ1) is 23.9. The zero-order chi connectivity index (χ0) is 21.2. The standard InChI is InChI=1S/C26H38O2/c1-8-23(25(27)28-9-2)17-15-20(3)12-10-13-21(4)16-18-24-22(5)14-11-19-26(24,6)7/h10,12-13,15-18H,8-9,11,14,19H2,1-7H3. The van der Waals surface area contributed by atoms with Gasteiger partial charge in [-0.3, -0.25) is 0 Å². The summed E-state index contributed by atoms with van der Waals surface area (Å²) in [5, 5.41) is 0.